The van der Waals surface area contributed by atoms with Crippen LogP contribution in [0.2, 0.25) is 39.3 Å². The fraction of sp³-hybridized carbons (Fsp3) is 0.391. The molecule has 0 radical (unpaired) electrons. The van der Waals surface area contributed by atoms with Gasteiger partial charge in [0.15, 0.2) is 0 Å². The lowest BCUT2D eigenvalue weighted by molar-refractivity contribution is -0.141. The highest BCUT2D eigenvalue weighted by Gasteiger charge is 2.24. The molecule has 0 saturated heterocycles. The third-order valence-corrected chi connectivity index (χ3v) is 9.23. The minimum Gasteiger partial charge on any atom is -0.481 e. The Morgan fingerprint density at radius 3 is 1.93 bits per heavy atom. The Kier molecular flexibility index (Phi) is 7.09. The van der Waals surface area contributed by atoms with Crippen LogP contribution in [0, 0.1) is 11.7 Å². The summed E-state index contributed by atoms with van der Waals surface area (Å²) in [5, 5.41) is 14.3. The number of nitrogens with one attached hydrogen (secondary N) is 1. The molecule has 30 heavy (non-hydrogen) atoms. The Hall–Kier alpha value is -2.26. The van der Waals surface area contributed by atoms with E-state index in [1.54, 1.807) is 13.0 Å². The fourth-order valence-corrected chi connectivity index (χ4v) is 5.53. The summed E-state index contributed by atoms with van der Waals surface area (Å²) in [6.45, 7) is 15.1. The number of hydrogen-bond acceptors (Lipinski definition) is 2. The van der Waals surface area contributed by atoms with Crippen molar-refractivity contribution in [3.63, 3.8) is 0 Å². The molecule has 0 fully saturated rings. The van der Waals surface area contributed by atoms with Gasteiger partial charge in [-0.05, 0) is 24.1 Å². The molecule has 2 aromatic carbocycles. The number of carboxylic acids is 1. The number of rotatable bonds is 7. The molecule has 1 unspecified atom stereocenters. The highest BCUT2D eigenvalue weighted by Crippen LogP contribution is 2.19. The number of carboxylic acid groups (broad SMARTS) is 1. The van der Waals surface area contributed by atoms with Gasteiger partial charge in [-0.3, -0.25) is 9.59 Å². The van der Waals surface area contributed by atoms with Crippen LogP contribution in [0.25, 0.3) is 0 Å². The first-order valence-corrected chi connectivity index (χ1v) is 17.2. The second-order valence-electron chi connectivity index (χ2n) is 10.0. The molecule has 0 heterocycles. The van der Waals surface area contributed by atoms with Crippen LogP contribution >= 0.6 is 0 Å². The number of carbonyl (C=O) groups is 2. The van der Waals surface area contributed by atoms with E-state index in [1.165, 1.54) is 22.5 Å². The number of benzene rings is 2. The van der Waals surface area contributed by atoms with E-state index in [-0.39, 0.29) is 12.3 Å². The molecule has 7 heteroatoms. The fourth-order valence-electron chi connectivity index (χ4n) is 3.04. The second-order valence-corrected chi connectivity index (χ2v) is 20.2. The predicted molar refractivity (Wildman–Crippen MR) is 127 cm³/mol. The van der Waals surface area contributed by atoms with Gasteiger partial charge in [0.1, 0.15) is 5.82 Å². The van der Waals surface area contributed by atoms with Crippen LogP contribution in [0.5, 0.6) is 0 Å². The normalized spacial score (nSPS) is 13.1. The van der Waals surface area contributed by atoms with Gasteiger partial charge in [-0.15, -0.1) is 0 Å². The van der Waals surface area contributed by atoms with E-state index in [2.05, 4.69) is 50.7 Å². The Morgan fingerprint density at radius 1 is 0.967 bits per heavy atom. The first-order valence-electron chi connectivity index (χ1n) is 10.2. The standard InChI is InChI=1S/C23H32FNO3Si2/c1-15(23(27)28)10-16-8-9-18(13-21(16)24)25-22(26)17-11-19(29(2,3)4)14-20(12-17)30(5,6)7/h8-9,11-15H,10H2,1-7H3,(H,25,26)(H,27,28). The van der Waals surface area contributed by atoms with E-state index in [0.717, 1.165) is 0 Å². The molecule has 1 amide bonds. The summed E-state index contributed by atoms with van der Waals surface area (Å²) in [4.78, 5) is 24.0. The van der Waals surface area contributed by atoms with Gasteiger partial charge in [0.05, 0.1) is 22.1 Å². The van der Waals surface area contributed by atoms with Crippen LogP contribution in [-0.2, 0) is 11.2 Å². The number of aliphatic carboxylic acids is 1. The van der Waals surface area contributed by atoms with E-state index in [9.17, 15) is 14.0 Å². The summed E-state index contributed by atoms with van der Waals surface area (Å²) in [7, 11) is -3.24. The first kappa shape index (κ1) is 24.0. The summed E-state index contributed by atoms with van der Waals surface area (Å²) in [6, 6.07) is 10.6. The first-order chi connectivity index (χ1) is 13.7. The topological polar surface area (TPSA) is 66.4 Å². The zero-order chi connectivity index (χ0) is 22.9. The second kappa shape index (κ2) is 8.85. The molecule has 4 nitrogen and oxygen atoms in total. The quantitative estimate of drug-likeness (QED) is 0.620. The molecule has 2 N–H and O–H groups in total. The zero-order valence-electron chi connectivity index (χ0n) is 18.9. The van der Waals surface area contributed by atoms with Crippen LogP contribution in [0.4, 0.5) is 10.1 Å². The third kappa shape index (κ3) is 6.12. The van der Waals surface area contributed by atoms with Crippen molar-refractivity contribution < 1.29 is 19.1 Å². The highest BCUT2D eigenvalue weighted by molar-refractivity contribution is 6.91. The van der Waals surface area contributed by atoms with Gasteiger partial charge in [-0.25, -0.2) is 4.39 Å². The van der Waals surface area contributed by atoms with Crippen molar-refractivity contribution in [3.8, 4) is 0 Å². The van der Waals surface area contributed by atoms with Crippen molar-refractivity contribution in [2.75, 3.05) is 5.32 Å². The summed E-state index contributed by atoms with van der Waals surface area (Å²) in [5.41, 5.74) is 1.28. The lowest BCUT2D eigenvalue weighted by Crippen LogP contribution is -2.46. The highest BCUT2D eigenvalue weighted by atomic mass is 28.3. The summed E-state index contributed by atoms with van der Waals surface area (Å²) >= 11 is 0. The number of anilines is 1. The van der Waals surface area contributed by atoms with Crippen molar-refractivity contribution >= 4 is 44.1 Å². The van der Waals surface area contributed by atoms with E-state index in [1.807, 2.05) is 12.1 Å². The summed E-state index contributed by atoms with van der Waals surface area (Å²) in [6.07, 6.45) is 0.104. The van der Waals surface area contributed by atoms with Gasteiger partial charge in [-0.1, -0.05) is 80.8 Å². The average molecular weight is 446 g/mol. The van der Waals surface area contributed by atoms with Gasteiger partial charge in [-0.2, -0.15) is 0 Å². The van der Waals surface area contributed by atoms with Gasteiger partial charge in [0, 0.05) is 11.3 Å². The van der Waals surface area contributed by atoms with Gasteiger partial charge >= 0.3 is 5.97 Å². The van der Waals surface area contributed by atoms with Crippen molar-refractivity contribution in [2.45, 2.75) is 52.6 Å². The minimum atomic E-state index is -1.62. The van der Waals surface area contributed by atoms with Crippen LogP contribution in [0.3, 0.4) is 0 Å². The van der Waals surface area contributed by atoms with Crippen LogP contribution in [0.1, 0.15) is 22.8 Å². The smallest absolute Gasteiger partial charge is 0.306 e. The SMILES string of the molecule is CC(Cc1ccc(NC(=O)c2cc([Si](C)(C)C)cc([Si](C)(C)C)c2)cc1F)C(=O)O. The predicted octanol–water partition coefficient (Wildman–Crippen LogP) is 4.43. The Labute approximate surface area is 180 Å². The van der Waals surface area contributed by atoms with Gasteiger partial charge in [0.2, 0.25) is 0 Å². The Balaban J connectivity index is 2.31. The minimum absolute atomic E-state index is 0.104. The van der Waals surface area contributed by atoms with E-state index in [0.29, 0.717) is 16.8 Å². The molecule has 2 rings (SSSR count). The average Bonchev–Trinajstić information content (AvgIpc) is 2.61. The molecular formula is C23H32FNO3Si2. The third-order valence-electron chi connectivity index (χ3n) is 5.19. The lowest BCUT2D eigenvalue weighted by Gasteiger charge is -2.24. The van der Waals surface area contributed by atoms with Crippen molar-refractivity contribution in [2.24, 2.45) is 5.92 Å². The molecule has 0 aromatic heterocycles. The van der Waals surface area contributed by atoms with Gasteiger partial charge in [0.25, 0.3) is 5.91 Å². The van der Waals surface area contributed by atoms with E-state index >= 15 is 0 Å². The molecule has 0 bridgehead atoms. The monoisotopic (exact) mass is 445 g/mol. The molecule has 0 aliphatic rings. The molecule has 2 aromatic rings. The number of hydrogen-bond donors (Lipinski definition) is 2. The van der Waals surface area contributed by atoms with Crippen molar-refractivity contribution in [3.05, 3.63) is 53.3 Å². The van der Waals surface area contributed by atoms with Crippen LogP contribution < -0.4 is 15.7 Å². The number of amides is 1. The molecule has 0 aliphatic carbocycles. The molecule has 0 aliphatic heterocycles. The Morgan fingerprint density at radius 2 is 1.50 bits per heavy atom. The zero-order valence-corrected chi connectivity index (χ0v) is 20.9. The maximum absolute atomic E-state index is 14.4. The van der Waals surface area contributed by atoms with Crippen molar-refractivity contribution in [1.29, 1.82) is 0 Å². The largest absolute Gasteiger partial charge is 0.481 e. The molecule has 0 saturated carbocycles. The number of carbonyl (C=O) groups excluding carboxylic acids is 1. The molecule has 162 valence electrons. The summed E-state index contributed by atoms with van der Waals surface area (Å²) < 4.78 is 14.4. The molecule has 1 atom stereocenters. The number of halogens is 1. The van der Waals surface area contributed by atoms with E-state index < -0.39 is 33.9 Å². The lowest BCUT2D eigenvalue weighted by atomic mass is 10.0. The summed E-state index contributed by atoms with van der Waals surface area (Å²) in [5.74, 6) is -2.42. The Bertz CT molecular complexity index is 930. The van der Waals surface area contributed by atoms with Gasteiger partial charge < -0.3 is 10.4 Å². The van der Waals surface area contributed by atoms with E-state index in [4.69, 9.17) is 5.11 Å². The van der Waals surface area contributed by atoms with Crippen LogP contribution in [0.15, 0.2) is 36.4 Å². The molecular weight excluding hydrogens is 413 g/mol. The van der Waals surface area contributed by atoms with Crippen molar-refractivity contribution in [1.82, 2.24) is 0 Å². The maximum Gasteiger partial charge on any atom is 0.306 e. The molecule has 0 spiro atoms. The maximum atomic E-state index is 14.4. The van der Waals surface area contributed by atoms with Crippen LogP contribution in [-0.4, -0.2) is 33.1 Å².